The summed E-state index contributed by atoms with van der Waals surface area (Å²) in [7, 11) is 0. The van der Waals surface area contributed by atoms with Crippen molar-refractivity contribution in [2.24, 2.45) is 5.10 Å². The fourth-order valence-corrected chi connectivity index (χ4v) is 3.77. The van der Waals surface area contributed by atoms with Crippen LogP contribution in [-0.2, 0) is 4.79 Å². The van der Waals surface area contributed by atoms with Crippen LogP contribution < -0.4 is 11.0 Å². The molecule has 0 fully saturated rings. The predicted octanol–water partition coefficient (Wildman–Crippen LogP) is 4.19. The highest BCUT2D eigenvalue weighted by molar-refractivity contribution is 7.99. The quantitative estimate of drug-likeness (QED) is 0.200. The number of allylic oxidation sites excluding steroid dienone is 1. The molecule has 0 aliphatic rings. The maximum Gasteiger partial charge on any atom is 0.266 e. The zero-order chi connectivity index (χ0) is 22.3. The van der Waals surface area contributed by atoms with E-state index < -0.39 is 0 Å². The molecule has 2 heterocycles. The molecule has 8 heteroatoms. The average Bonchev–Trinajstić information content (AvgIpc) is 3.32. The van der Waals surface area contributed by atoms with E-state index in [4.69, 9.17) is 4.42 Å². The van der Waals surface area contributed by atoms with Crippen LogP contribution in [0.15, 0.2) is 92.5 Å². The van der Waals surface area contributed by atoms with Gasteiger partial charge in [-0.3, -0.25) is 14.2 Å². The highest BCUT2D eigenvalue weighted by Crippen LogP contribution is 2.21. The largest absolute Gasteiger partial charge is 0.465 e. The Kier molecular flexibility index (Phi) is 6.62. The Morgan fingerprint density at radius 1 is 1.16 bits per heavy atom. The Morgan fingerprint density at radius 2 is 1.97 bits per heavy atom. The fourth-order valence-electron chi connectivity index (χ4n) is 2.97. The normalized spacial score (nSPS) is 11.5. The van der Waals surface area contributed by atoms with Gasteiger partial charge in [-0.15, -0.1) is 0 Å². The Hall–Kier alpha value is -3.91. The summed E-state index contributed by atoms with van der Waals surface area (Å²) in [5.74, 6) is 0.431. The van der Waals surface area contributed by atoms with Crippen molar-refractivity contribution in [1.82, 2.24) is 15.0 Å². The van der Waals surface area contributed by atoms with Crippen LogP contribution in [0, 0.1) is 6.92 Å². The molecule has 0 saturated carbocycles. The second-order valence-electron chi connectivity index (χ2n) is 6.86. The lowest BCUT2D eigenvalue weighted by molar-refractivity contribution is -0.118. The number of benzene rings is 2. The topological polar surface area (TPSA) is 89.5 Å². The molecule has 2 aromatic carbocycles. The van der Waals surface area contributed by atoms with Crippen molar-refractivity contribution in [3.63, 3.8) is 0 Å². The van der Waals surface area contributed by atoms with Gasteiger partial charge in [0.15, 0.2) is 5.16 Å². The summed E-state index contributed by atoms with van der Waals surface area (Å²) < 4.78 is 6.71. The van der Waals surface area contributed by atoms with Gasteiger partial charge in [0, 0.05) is 6.21 Å². The third-order valence-electron chi connectivity index (χ3n) is 4.52. The van der Waals surface area contributed by atoms with E-state index in [1.807, 2.05) is 49.4 Å². The number of nitrogens with one attached hydrogen (secondary N) is 1. The number of aromatic nitrogens is 2. The van der Waals surface area contributed by atoms with E-state index in [1.54, 1.807) is 36.6 Å². The van der Waals surface area contributed by atoms with Gasteiger partial charge in [-0.2, -0.15) is 5.10 Å². The van der Waals surface area contributed by atoms with Gasteiger partial charge in [0.1, 0.15) is 5.76 Å². The molecule has 4 aromatic rings. The van der Waals surface area contributed by atoms with E-state index in [1.165, 1.54) is 22.5 Å². The maximum atomic E-state index is 13.2. The van der Waals surface area contributed by atoms with Crippen molar-refractivity contribution in [2.45, 2.75) is 12.1 Å². The number of hydrogen-bond donors (Lipinski definition) is 1. The molecular weight excluding hydrogens is 424 g/mol. The monoisotopic (exact) mass is 444 g/mol. The van der Waals surface area contributed by atoms with Crippen molar-refractivity contribution in [2.75, 3.05) is 5.75 Å². The lowest BCUT2D eigenvalue weighted by Crippen LogP contribution is -2.24. The highest BCUT2D eigenvalue weighted by Gasteiger charge is 2.14. The molecule has 0 atom stereocenters. The van der Waals surface area contributed by atoms with Gasteiger partial charge in [-0.1, -0.05) is 41.6 Å². The summed E-state index contributed by atoms with van der Waals surface area (Å²) in [5, 5.41) is 4.85. The van der Waals surface area contributed by atoms with Gasteiger partial charge in [-0.05, 0) is 55.5 Å². The van der Waals surface area contributed by atoms with Gasteiger partial charge < -0.3 is 4.42 Å². The van der Waals surface area contributed by atoms with Crippen LogP contribution in [-0.4, -0.2) is 27.4 Å². The molecule has 0 spiro atoms. The molecule has 160 valence electrons. The Labute approximate surface area is 188 Å². The first-order valence-electron chi connectivity index (χ1n) is 9.85. The zero-order valence-electron chi connectivity index (χ0n) is 17.3. The van der Waals surface area contributed by atoms with E-state index in [0.29, 0.717) is 27.5 Å². The SMILES string of the molecule is Cc1ccc(-n2c(SCC(=O)N/N=C/C=C/c3ccco3)nc3ccccc3c2=O)cc1. The molecular formula is C24H20N4O3S. The average molecular weight is 445 g/mol. The molecule has 0 aliphatic heterocycles. The minimum Gasteiger partial charge on any atom is -0.465 e. The third-order valence-corrected chi connectivity index (χ3v) is 5.46. The van der Waals surface area contributed by atoms with Crippen LogP contribution >= 0.6 is 11.8 Å². The highest BCUT2D eigenvalue weighted by atomic mass is 32.2. The summed E-state index contributed by atoms with van der Waals surface area (Å²) in [5.41, 5.74) is 4.66. The van der Waals surface area contributed by atoms with Crippen molar-refractivity contribution in [1.29, 1.82) is 0 Å². The minimum atomic E-state index is -0.310. The lowest BCUT2D eigenvalue weighted by atomic mass is 10.2. The van der Waals surface area contributed by atoms with Gasteiger partial charge in [0.25, 0.3) is 11.5 Å². The lowest BCUT2D eigenvalue weighted by Gasteiger charge is -2.13. The van der Waals surface area contributed by atoms with Gasteiger partial charge in [-0.25, -0.2) is 10.4 Å². The molecule has 1 amide bonds. The molecule has 2 aromatic heterocycles. The second-order valence-corrected chi connectivity index (χ2v) is 7.81. The Morgan fingerprint density at radius 3 is 2.75 bits per heavy atom. The number of furan rings is 1. The molecule has 0 bridgehead atoms. The third kappa shape index (κ3) is 5.04. The van der Waals surface area contributed by atoms with E-state index in [0.717, 1.165) is 5.56 Å². The van der Waals surface area contributed by atoms with E-state index in [2.05, 4.69) is 15.5 Å². The predicted molar refractivity (Wildman–Crippen MR) is 127 cm³/mol. The summed E-state index contributed by atoms with van der Waals surface area (Å²) in [4.78, 5) is 30.1. The molecule has 1 N–H and O–H groups in total. The number of hydrazone groups is 1. The van der Waals surface area contributed by atoms with Crippen LogP contribution in [0.3, 0.4) is 0 Å². The Bertz CT molecular complexity index is 1340. The van der Waals surface area contributed by atoms with Crippen molar-refractivity contribution < 1.29 is 9.21 Å². The first kappa shape index (κ1) is 21.3. The molecule has 4 rings (SSSR count). The molecule has 0 radical (unpaired) electrons. The van der Waals surface area contributed by atoms with Crippen LogP contribution in [0.4, 0.5) is 0 Å². The van der Waals surface area contributed by atoms with Crippen molar-refractivity contribution >= 4 is 40.9 Å². The molecule has 0 unspecified atom stereocenters. The molecule has 0 saturated heterocycles. The zero-order valence-corrected chi connectivity index (χ0v) is 18.1. The number of carbonyl (C=O) groups excluding carboxylic acids is 1. The number of fused-ring (bicyclic) bond motifs is 1. The summed E-state index contributed by atoms with van der Waals surface area (Å²) in [6.07, 6.45) is 6.42. The number of nitrogens with zero attached hydrogens (tertiary/aromatic N) is 3. The van der Waals surface area contributed by atoms with Gasteiger partial charge >= 0.3 is 0 Å². The van der Waals surface area contributed by atoms with Crippen LogP contribution in [0.25, 0.3) is 22.7 Å². The number of hydrogen-bond acceptors (Lipinski definition) is 6. The number of carbonyl (C=O) groups is 1. The first-order valence-corrected chi connectivity index (χ1v) is 10.8. The van der Waals surface area contributed by atoms with Gasteiger partial charge in [0.05, 0.1) is 28.6 Å². The smallest absolute Gasteiger partial charge is 0.266 e. The number of aryl methyl sites for hydroxylation is 1. The standard InChI is InChI=1S/C24H20N4O3S/c1-17-10-12-18(13-11-17)28-23(30)20-8-2-3-9-21(20)26-24(28)32-16-22(29)27-25-14-4-6-19-7-5-15-31-19/h2-15H,16H2,1H3,(H,27,29)/b6-4+,25-14+. The number of para-hydroxylation sites is 1. The van der Waals surface area contributed by atoms with Crippen LogP contribution in [0.5, 0.6) is 0 Å². The van der Waals surface area contributed by atoms with E-state index >= 15 is 0 Å². The summed E-state index contributed by atoms with van der Waals surface area (Å²) in [6, 6.07) is 18.4. The maximum absolute atomic E-state index is 13.2. The molecule has 0 aliphatic carbocycles. The van der Waals surface area contributed by atoms with Crippen LogP contribution in [0.2, 0.25) is 0 Å². The fraction of sp³-hybridized carbons (Fsp3) is 0.0833. The number of amides is 1. The van der Waals surface area contributed by atoms with Gasteiger partial charge in [0.2, 0.25) is 0 Å². The van der Waals surface area contributed by atoms with Crippen molar-refractivity contribution in [3.8, 4) is 5.69 Å². The molecule has 7 nitrogen and oxygen atoms in total. The van der Waals surface area contributed by atoms with Crippen LogP contribution in [0.1, 0.15) is 11.3 Å². The van der Waals surface area contributed by atoms with E-state index in [-0.39, 0.29) is 17.2 Å². The summed E-state index contributed by atoms with van der Waals surface area (Å²) >= 11 is 1.18. The van der Waals surface area contributed by atoms with Crippen molar-refractivity contribution in [3.05, 3.63) is 94.7 Å². The Balaban J connectivity index is 1.51. The minimum absolute atomic E-state index is 0.0515. The number of rotatable bonds is 7. The molecule has 32 heavy (non-hydrogen) atoms. The summed E-state index contributed by atoms with van der Waals surface area (Å²) in [6.45, 7) is 1.98. The van der Waals surface area contributed by atoms with E-state index in [9.17, 15) is 9.59 Å². The number of thioether (sulfide) groups is 1. The first-order chi connectivity index (χ1) is 15.6. The second kappa shape index (κ2) is 9.93.